The topological polar surface area (TPSA) is 100 Å². The van der Waals surface area contributed by atoms with Crippen LogP contribution in [0.25, 0.3) is 0 Å². The largest absolute Gasteiger partial charge is 0.476 e. The molecule has 0 unspecified atom stereocenters. The van der Waals surface area contributed by atoms with Crippen molar-refractivity contribution in [1.82, 2.24) is 25.2 Å². The van der Waals surface area contributed by atoms with E-state index in [0.29, 0.717) is 6.54 Å². The Hall–Kier alpha value is -1.61. The van der Waals surface area contributed by atoms with Crippen molar-refractivity contribution in [2.75, 3.05) is 37.7 Å². The molecule has 0 bridgehead atoms. The normalized spacial score (nSPS) is 16.0. The van der Waals surface area contributed by atoms with Gasteiger partial charge in [-0.1, -0.05) is 5.21 Å². The van der Waals surface area contributed by atoms with Crippen molar-refractivity contribution in [2.45, 2.75) is 6.54 Å². The van der Waals surface area contributed by atoms with Gasteiger partial charge in [0.05, 0.1) is 6.20 Å². The van der Waals surface area contributed by atoms with E-state index in [0.717, 1.165) is 31.1 Å². The fourth-order valence-corrected chi connectivity index (χ4v) is 2.83. The van der Waals surface area contributed by atoms with Crippen LogP contribution in [0.15, 0.2) is 6.20 Å². The van der Waals surface area contributed by atoms with E-state index in [1.54, 1.807) is 0 Å². The second-order valence-corrected chi connectivity index (χ2v) is 5.64. The van der Waals surface area contributed by atoms with Crippen molar-refractivity contribution in [3.05, 3.63) is 11.9 Å². The molecule has 0 aromatic carbocycles. The van der Waals surface area contributed by atoms with E-state index >= 15 is 0 Å². The molecule has 1 aromatic heterocycles. The lowest BCUT2D eigenvalue weighted by atomic mass is 10.4. The van der Waals surface area contributed by atoms with Gasteiger partial charge in [0.1, 0.15) is 6.54 Å². The lowest BCUT2D eigenvalue weighted by Gasteiger charge is -2.25. The highest BCUT2D eigenvalue weighted by Crippen LogP contribution is 2.07. The van der Waals surface area contributed by atoms with Crippen LogP contribution in [0.3, 0.4) is 0 Å². The molecule has 0 radical (unpaired) electrons. The van der Waals surface area contributed by atoms with Crippen molar-refractivity contribution in [3.8, 4) is 0 Å². The molecular weight excluding hydrogens is 282 g/mol. The first-order chi connectivity index (χ1) is 9.65. The van der Waals surface area contributed by atoms with Crippen LogP contribution in [0.1, 0.15) is 10.5 Å². The lowest BCUT2D eigenvalue weighted by molar-refractivity contribution is -0.121. The molecule has 20 heavy (non-hydrogen) atoms. The predicted molar refractivity (Wildman–Crippen MR) is 73.8 cm³/mol. The Morgan fingerprint density at radius 2 is 2.15 bits per heavy atom. The average molecular weight is 299 g/mol. The molecule has 2 N–H and O–H groups in total. The smallest absolute Gasteiger partial charge is 0.358 e. The summed E-state index contributed by atoms with van der Waals surface area (Å²) < 4.78 is 1.22. The van der Waals surface area contributed by atoms with E-state index in [9.17, 15) is 9.59 Å². The Bertz CT molecular complexity index is 472. The van der Waals surface area contributed by atoms with Crippen LogP contribution in [0.2, 0.25) is 0 Å². The van der Waals surface area contributed by atoms with E-state index in [1.165, 1.54) is 10.9 Å². The molecule has 2 heterocycles. The summed E-state index contributed by atoms with van der Waals surface area (Å²) in [6, 6.07) is 0. The van der Waals surface area contributed by atoms with E-state index in [4.69, 9.17) is 5.11 Å². The molecule has 1 amide bonds. The Balaban J connectivity index is 1.67. The van der Waals surface area contributed by atoms with Crippen LogP contribution in [-0.4, -0.2) is 74.6 Å². The monoisotopic (exact) mass is 299 g/mol. The van der Waals surface area contributed by atoms with Gasteiger partial charge in [0.25, 0.3) is 0 Å². The number of nitrogens with zero attached hydrogens (tertiary/aromatic N) is 4. The first-order valence-corrected chi connectivity index (χ1v) is 7.51. The highest BCUT2D eigenvalue weighted by molar-refractivity contribution is 7.99. The first-order valence-electron chi connectivity index (χ1n) is 6.35. The number of hydrogen-bond donors (Lipinski definition) is 2. The third kappa shape index (κ3) is 4.49. The second-order valence-electron chi connectivity index (χ2n) is 4.41. The summed E-state index contributed by atoms with van der Waals surface area (Å²) in [5, 5.41) is 18.5. The van der Waals surface area contributed by atoms with Crippen molar-refractivity contribution in [3.63, 3.8) is 0 Å². The maximum Gasteiger partial charge on any atom is 0.358 e. The highest BCUT2D eigenvalue weighted by atomic mass is 32.2. The Morgan fingerprint density at radius 1 is 1.40 bits per heavy atom. The number of nitrogens with one attached hydrogen (secondary N) is 1. The van der Waals surface area contributed by atoms with Gasteiger partial charge in [-0.15, -0.1) is 5.10 Å². The van der Waals surface area contributed by atoms with Crippen molar-refractivity contribution in [1.29, 1.82) is 0 Å². The van der Waals surface area contributed by atoms with Gasteiger partial charge < -0.3 is 10.4 Å². The summed E-state index contributed by atoms with van der Waals surface area (Å²) in [5.41, 5.74) is -0.163. The molecule has 1 aromatic rings. The molecule has 1 saturated heterocycles. The average Bonchev–Trinajstić information content (AvgIpc) is 2.88. The first kappa shape index (κ1) is 14.8. The Labute approximate surface area is 120 Å². The van der Waals surface area contributed by atoms with Gasteiger partial charge in [-0.2, -0.15) is 11.8 Å². The number of carboxylic acid groups (broad SMARTS) is 1. The van der Waals surface area contributed by atoms with E-state index in [1.807, 2.05) is 11.8 Å². The van der Waals surface area contributed by atoms with Gasteiger partial charge in [-0.25, -0.2) is 9.48 Å². The Morgan fingerprint density at radius 3 is 2.80 bits per heavy atom. The molecule has 110 valence electrons. The standard InChI is InChI=1S/C11H17N5O3S/c17-10(8-16-7-9(11(18)19)13-14-16)12-1-2-15-3-5-20-6-4-15/h7H,1-6,8H2,(H,12,17)(H,18,19). The molecule has 9 heteroatoms. The van der Waals surface area contributed by atoms with Crippen LogP contribution < -0.4 is 5.32 Å². The van der Waals surface area contributed by atoms with Crippen molar-refractivity contribution in [2.24, 2.45) is 0 Å². The molecule has 1 fully saturated rings. The third-order valence-electron chi connectivity index (χ3n) is 2.92. The maximum atomic E-state index is 11.7. The van der Waals surface area contributed by atoms with Crippen molar-refractivity contribution >= 4 is 23.6 Å². The maximum absolute atomic E-state index is 11.7. The zero-order valence-electron chi connectivity index (χ0n) is 11.0. The fourth-order valence-electron chi connectivity index (χ4n) is 1.85. The van der Waals surface area contributed by atoms with Gasteiger partial charge in [0.2, 0.25) is 5.91 Å². The van der Waals surface area contributed by atoms with Gasteiger partial charge in [0.15, 0.2) is 5.69 Å². The molecule has 0 saturated carbocycles. The molecule has 0 aliphatic carbocycles. The van der Waals surface area contributed by atoms with Gasteiger partial charge in [0, 0.05) is 37.7 Å². The highest BCUT2D eigenvalue weighted by Gasteiger charge is 2.12. The summed E-state index contributed by atoms with van der Waals surface area (Å²) in [6.45, 7) is 3.53. The molecule has 8 nitrogen and oxygen atoms in total. The number of thioether (sulfide) groups is 1. The zero-order chi connectivity index (χ0) is 14.4. The number of rotatable bonds is 6. The number of hydrogen-bond acceptors (Lipinski definition) is 6. The van der Waals surface area contributed by atoms with E-state index in [2.05, 4.69) is 20.5 Å². The van der Waals surface area contributed by atoms with E-state index < -0.39 is 5.97 Å². The zero-order valence-corrected chi connectivity index (χ0v) is 11.8. The number of carbonyl (C=O) groups excluding carboxylic acids is 1. The van der Waals surface area contributed by atoms with Gasteiger partial charge in [-0.05, 0) is 0 Å². The molecule has 1 aliphatic heterocycles. The molecule has 0 spiro atoms. The number of amides is 1. The van der Waals surface area contributed by atoms with Crippen LogP contribution in [0, 0.1) is 0 Å². The second kappa shape index (κ2) is 7.25. The number of carbonyl (C=O) groups is 2. The number of carboxylic acids is 1. The quantitative estimate of drug-likeness (QED) is 0.705. The summed E-state index contributed by atoms with van der Waals surface area (Å²) in [4.78, 5) is 24.6. The predicted octanol–water partition coefficient (Wildman–Crippen LogP) is -0.859. The summed E-state index contributed by atoms with van der Waals surface area (Å²) in [5.74, 6) is 0.938. The van der Waals surface area contributed by atoms with Crippen LogP contribution >= 0.6 is 11.8 Å². The Kier molecular flexibility index (Phi) is 5.36. The molecule has 0 atom stereocenters. The van der Waals surface area contributed by atoms with Crippen LogP contribution in [0.5, 0.6) is 0 Å². The minimum absolute atomic E-state index is 0.0177. The molecule has 2 rings (SSSR count). The van der Waals surface area contributed by atoms with Gasteiger partial charge >= 0.3 is 5.97 Å². The molecular formula is C11H17N5O3S. The van der Waals surface area contributed by atoms with Crippen LogP contribution in [-0.2, 0) is 11.3 Å². The number of aromatic carboxylic acids is 1. The minimum Gasteiger partial charge on any atom is -0.476 e. The lowest BCUT2D eigenvalue weighted by Crippen LogP contribution is -2.40. The molecule has 1 aliphatic rings. The third-order valence-corrected chi connectivity index (χ3v) is 3.86. The van der Waals surface area contributed by atoms with Crippen LogP contribution in [0.4, 0.5) is 0 Å². The number of aromatic nitrogens is 3. The minimum atomic E-state index is -1.15. The van der Waals surface area contributed by atoms with Gasteiger partial charge in [-0.3, -0.25) is 9.69 Å². The summed E-state index contributed by atoms with van der Waals surface area (Å²) in [7, 11) is 0. The van der Waals surface area contributed by atoms with E-state index in [-0.39, 0.29) is 18.1 Å². The fraction of sp³-hybridized carbons (Fsp3) is 0.636. The summed E-state index contributed by atoms with van der Waals surface area (Å²) in [6.07, 6.45) is 1.24. The SMILES string of the molecule is O=C(Cn1cc(C(=O)O)nn1)NCCN1CCSCC1. The van der Waals surface area contributed by atoms with Crippen molar-refractivity contribution < 1.29 is 14.7 Å². The summed E-state index contributed by atoms with van der Waals surface area (Å²) >= 11 is 1.95.